The van der Waals surface area contributed by atoms with Crippen molar-refractivity contribution in [1.29, 1.82) is 0 Å². The summed E-state index contributed by atoms with van der Waals surface area (Å²) in [7, 11) is -3.72. The van der Waals surface area contributed by atoms with E-state index in [0.29, 0.717) is 12.8 Å². The van der Waals surface area contributed by atoms with Crippen LogP contribution < -0.4 is 10.5 Å². The highest BCUT2D eigenvalue weighted by Gasteiger charge is 2.20. The van der Waals surface area contributed by atoms with E-state index in [0.717, 1.165) is 5.56 Å². The lowest BCUT2D eigenvalue weighted by molar-refractivity contribution is -0.134. The normalized spacial score (nSPS) is 12.6. The Hall–Kier alpha value is -1.89. The maximum Gasteiger partial charge on any atom is 0.311 e. The van der Waals surface area contributed by atoms with Gasteiger partial charge in [0.15, 0.2) is 0 Å². The lowest BCUT2D eigenvalue weighted by Crippen LogP contribution is -2.17. The van der Waals surface area contributed by atoms with Gasteiger partial charge in [0.05, 0.1) is 14.8 Å². The summed E-state index contributed by atoms with van der Waals surface area (Å²) in [5, 5.41) is 0.0732. The van der Waals surface area contributed by atoms with Crippen molar-refractivity contribution in [3.63, 3.8) is 0 Å². The molecule has 2 aromatic carbocycles. The highest BCUT2D eigenvalue weighted by Crippen LogP contribution is 2.30. The fraction of sp³-hybridized carbons (Fsp3) is 0.316. The number of hydrogen-bond acceptors (Lipinski definition) is 5. The van der Waals surface area contributed by atoms with E-state index in [4.69, 9.17) is 22.1 Å². The van der Waals surface area contributed by atoms with Crippen LogP contribution in [0.15, 0.2) is 52.3 Å². The second kappa shape index (κ2) is 8.66. The molecule has 2 rings (SSSR count). The zero-order valence-corrected chi connectivity index (χ0v) is 16.3. The lowest BCUT2D eigenvalue weighted by Gasteiger charge is -2.10. The summed E-state index contributed by atoms with van der Waals surface area (Å²) in [6.07, 6.45) is 1.59. The van der Waals surface area contributed by atoms with Crippen LogP contribution in [-0.2, 0) is 21.1 Å². The van der Waals surface area contributed by atoms with E-state index in [-0.39, 0.29) is 33.0 Å². The molecule has 0 aromatic heterocycles. The van der Waals surface area contributed by atoms with E-state index in [9.17, 15) is 13.2 Å². The van der Waals surface area contributed by atoms with Gasteiger partial charge < -0.3 is 10.5 Å². The summed E-state index contributed by atoms with van der Waals surface area (Å²) in [5.74, 6) is -0.258. The summed E-state index contributed by atoms with van der Waals surface area (Å²) in [4.78, 5) is 11.8. The number of carbonyl (C=O) groups excluding carboxylic acids is 1. The average Bonchev–Trinajstić information content (AvgIpc) is 2.57. The second-order valence-corrected chi connectivity index (χ2v) is 8.50. The molecule has 26 heavy (non-hydrogen) atoms. The molecule has 1 atom stereocenters. The molecule has 0 fully saturated rings. The van der Waals surface area contributed by atoms with Gasteiger partial charge in [0, 0.05) is 12.5 Å². The first-order valence-corrected chi connectivity index (χ1v) is 10.2. The zero-order valence-electron chi connectivity index (χ0n) is 14.7. The van der Waals surface area contributed by atoms with Gasteiger partial charge in [0.2, 0.25) is 9.84 Å². The Morgan fingerprint density at radius 1 is 1.15 bits per heavy atom. The van der Waals surface area contributed by atoms with Gasteiger partial charge in [0.1, 0.15) is 5.75 Å². The Bertz CT molecular complexity index is 877. The molecule has 140 valence electrons. The number of sulfone groups is 1. The zero-order chi connectivity index (χ0) is 19.3. The minimum absolute atomic E-state index is 0.000716. The monoisotopic (exact) mass is 395 g/mol. The number of halogens is 1. The molecular weight excluding hydrogens is 374 g/mol. The van der Waals surface area contributed by atoms with Crippen molar-refractivity contribution in [1.82, 2.24) is 0 Å². The first-order valence-electron chi connectivity index (χ1n) is 8.34. The number of hydrogen-bond donors (Lipinski definition) is 1. The van der Waals surface area contributed by atoms with Gasteiger partial charge in [-0.1, -0.05) is 30.7 Å². The topological polar surface area (TPSA) is 86.5 Å². The Morgan fingerprint density at radius 3 is 2.31 bits per heavy atom. The number of esters is 1. The van der Waals surface area contributed by atoms with E-state index in [1.54, 1.807) is 24.3 Å². The van der Waals surface area contributed by atoms with Crippen molar-refractivity contribution < 1.29 is 17.9 Å². The van der Waals surface area contributed by atoms with Crippen LogP contribution in [0, 0.1) is 0 Å². The molecule has 0 aliphatic rings. The van der Waals surface area contributed by atoms with Crippen molar-refractivity contribution in [2.24, 2.45) is 5.73 Å². The van der Waals surface area contributed by atoms with Crippen molar-refractivity contribution in [3.05, 3.63) is 53.1 Å². The fourth-order valence-electron chi connectivity index (χ4n) is 2.42. The highest BCUT2D eigenvalue weighted by molar-refractivity contribution is 7.91. The molecule has 7 heteroatoms. The molecule has 0 bridgehead atoms. The van der Waals surface area contributed by atoms with Crippen molar-refractivity contribution in [2.75, 3.05) is 0 Å². The number of benzene rings is 2. The van der Waals surface area contributed by atoms with E-state index < -0.39 is 15.8 Å². The fourth-order valence-corrected chi connectivity index (χ4v) is 3.99. The van der Waals surface area contributed by atoms with Gasteiger partial charge in [-0.2, -0.15) is 0 Å². The van der Waals surface area contributed by atoms with Crippen molar-refractivity contribution >= 4 is 27.4 Å². The third kappa shape index (κ3) is 5.06. The quantitative estimate of drug-likeness (QED) is 0.569. The third-order valence-corrected chi connectivity index (χ3v) is 5.75. The first kappa shape index (κ1) is 20.4. The molecule has 2 N–H and O–H groups in total. The molecule has 0 aliphatic carbocycles. The molecule has 0 aliphatic heterocycles. The molecule has 0 saturated heterocycles. The van der Waals surface area contributed by atoms with Crippen LogP contribution in [0.1, 0.15) is 32.3 Å². The van der Waals surface area contributed by atoms with E-state index in [1.165, 1.54) is 18.2 Å². The highest BCUT2D eigenvalue weighted by atomic mass is 35.5. The van der Waals surface area contributed by atoms with E-state index in [1.807, 2.05) is 13.8 Å². The molecule has 0 amide bonds. The van der Waals surface area contributed by atoms with Gasteiger partial charge in [0.25, 0.3) is 0 Å². The predicted molar refractivity (Wildman–Crippen MR) is 101 cm³/mol. The smallest absolute Gasteiger partial charge is 0.311 e. The predicted octanol–water partition coefficient (Wildman–Crippen LogP) is 3.77. The standard InChI is InChI=1S/C19H22ClNO4S/c1-3-4-19(22)25-18-10-9-16(12-17(18)20)26(23,24)15-7-5-14(6-8-15)11-13(2)21/h5-10,12-13H,3-4,11,21H2,1-2H3. The molecule has 0 radical (unpaired) electrons. The summed E-state index contributed by atoms with van der Waals surface area (Å²) in [5.41, 5.74) is 6.72. The Morgan fingerprint density at radius 2 is 1.77 bits per heavy atom. The molecular formula is C19H22ClNO4S. The maximum absolute atomic E-state index is 12.8. The van der Waals surface area contributed by atoms with Crippen LogP contribution in [0.25, 0.3) is 0 Å². The van der Waals surface area contributed by atoms with Crippen LogP contribution >= 0.6 is 11.6 Å². The maximum atomic E-state index is 12.8. The minimum Gasteiger partial charge on any atom is -0.425 e. The number of nitrogens with two attached hydrogens (primary N) is 1. The molecule has 1 unspecified atom stereocenters. The third-order valence-electron chi connectivity index (χ3n) is 3.68. The minimum atomic E-state index is -3.72. The second-order valence-electron chi connectivity index (χ2n) is 6.15. The number of ether oxygens (including phenoxy) is 1. The molecule has 0 heterocycles. The Balaban J connectivity index is 2.26. The Kier molecular flexibility index (Phi) is 6.81. The van der Waals surface area contributed by atoms with Crippen molar-refractivity contribution in [3.8, 4) is 5.75 Å². The van der Waals surface area contributed by atoms with Crippen LogP contribution in [0.4, 0.5) is 0 Å². The van der Waals surface area contributed by atoms with Crippen LogP contribution in [-0.4, -0.2) is 20.4 Å². The van der Waals surface area contributed by atoms with Crippen LogP contribution in [0.5, 0.6) is 5.75 Å². The first-order chi connectivity index (χ1) is 12.2. The van der Waals surface area contributed by atoms with E-state index >= 15 is 0 Å². The van der Waals surface area contributed by atoms with Gasteiger partial charge in [-0.15, -0.1) is 0 Å². The van der Waals surface area contributed by atoms with Crippen LogP contribution in [0.3, 0.4) is 0 Å². The molecule has 0 saturated carbocycles. The molecule has 5 nitrogen and oxygen atoms in total. The van der Waals surface area contributed by atoms with Gasteiger partial charge in [-0.3, -0.25) is 4.79 Å². The SMILES string of the molecule is CCCC(=O)Oc1ccc(S(=O)(=O)c2ccc(CC(C)N)cc2)cc1Cl. The summed E-state index contributed by atoms with van der Waals surface area (Å²) >= 11 is 6.09. The number of carbonyl (C=O) groups is 1. The van der Waals surface area contributed by atoms with Crippen LogP contribution in [0.2, 0.25) is 5.02 Å². The Labute approximate surface area is 159 Å². The van der Waals surface area contributed by atoms with Gasteiger partial charge in [-0.05, 0) is 55.7 Å². The largest absolute Gasteiger partial charge is 0.425 e. The average molecular weight is 396 g/mol. The number of rotatable bonds is 7. The van der Waals surface area contributed by atoms with Gasteiger partial charge >= 0.3 is 5.97 Å². The van der Waals surface area contributed by atoms with Crippen molar-refractivity contribution in [2.45, 2.75) is 48.9 Å². The van der Waals surface area contributed by atoms with Gasteiger partial charge in [-0.25, -0.2) is 8.42 Å². The van der Waals surface area contributed by atoms with E-state index in [2.05, 4.69) is 0 Å². The summed E-state index contributed by atoms with van der Waals surface area (Å²) in [6.45, 7) is 3.75. The lowest BCUT2D eigenvalue weighted by atomic mass is 10.1. The molecule has 0 spiro atoms. The summed E-state index contributed by atoms with van der Waals surface area (Å²) < 4.78 is 30.7. The molecule has 2 aromatic rings. The summed E-state index contributed by atoms with van der Waals surface area (Å²) in [6, 6.07) is 10.7.